The van der Waals surface area contributed by atoms with E-state index in [-0.39, 0.29) is 0 Å². The first-order valence-electron chi connectivity index (χ1n) is 5.16. The average molecular weight is 313 g/mol. The molecule has 1 aromatic heterocycles. The van der Waals surface area contributed by atoms with Crippen LogP contribution in [0.25, 0.3) is 0 Å². The van der Waals surface area contributed by atoms with Crippen molar-refractivity contribution in [2.45, 2.75) is 12.5 Å². The highest BCUT2D eigenvalue weighted by Gasteiger charge is 1.99. The van der Waals surface area contributed by atoms with Gasteiger partial charge in [-0.15, -0.1) is 11.6 Å². The van der Waals surface area contributed by atoms with Crippen molar-refractivity contribution in [2.24, 2.45) is 0 Å². The Kier molecular flexibility index (Phi) is 4.40. The summed E-state index contributed by atoms with van der Waals surface area (Å²) in [6.07, 6.45) is 1.70. The van der Waals surface area contributed by atoms with Gasteiger partial charge in [-0.1, -0.05) is 28.1 Å². The van der Waals surface area contributed by atoms with Crippen molar-refractivity contribution in [1.29, 1.82) is 0 Å². The Balaban J connectivity index is 2.02. The van der Waals surface area contributed by atoms with Crippen molar-refractivity contribution in [3.63, 3.8) is 0 Å². The number of rotatable bonds is 4. The number of hydrogen-bond donors (Lipinski definition) is 0. The van der Waals surface area contributed by atoms with Crippen molar-refractivity contribution < 1.29 is 4.74 Å². The lowest BCUT2D eigenvalue weighted by Gasteiger charge is -2.07. The van der Waals surface area contributed by atoms with Crippen LogP contribution in [-0.2, 0) is 12.5 Å². The van der Waals surface area contributed by atoms with E-state index in [1.54, 1.807) is 6.20 Å². The van der Waals surface area contributed by atoms with Gasteiger partial charge in [0, 0.05) is 16.7 Å². The molecule has 2 nitrogen and oxygen atoms in total. The zero-order valence-corrected chi connectivity index (χ0v) is 11.4. The Morgan fingerprint density at radius 2 is 2.12 bits per heavy atom. The lowest BCUT2D eigenvalue weighted by Crippen LogP contribution is -1.96. The van der Waals surface area contributed by atoms with Crippen LogP contribution in [0, 0.1) is 0 Å². The summed E-state index contributed by atoms with van der Waals surface area (Å²) < 4.78 is 6.72. The minimum absolute atomic E-state index is 0.397. The summed E-state index contributed by atoms with van der Waals surface area (Å²) in [7, 11) is 0. The fraction of sp³-hybridized carbons (Fsp3) is 0.154. The van der Waals surface area contributed by atoms with Gasteiger partial charge < -0.3 is 4.74 Å². The highest BCUT2D eigenvalue weighted by Crippen LogP contribution is 2.16. The number of nitrogens with zero attached hydrogens (tertiary/aromatic N) is 1. The number of hydrogen-bond acceptors (Lipinski definition) is 2. The van der Waals surface area contributed by atoms with Gasteiger partial charge in [0.2, 0.25) is 0 Å². The van der Waals surface area contributed by atoms with Crippen LogP contribution in [-0.4, -0.2) is 4.98 Å². The highest BCUT2D eigenvalue weighted by molar-refractivity contribution is 9.10. The van der Waals surface area contributed by atoms with E-state index in [0.717, 1.165) is 21.5 Å². The van der Waals surface area contributed by atoms with Gasteiger partial charge in [-0.05, 0) is 23.8 Å². The highest BCUT2D eigenvalue weighted by atomic mass is 79.9. The van der Waals surface area contributed by atoms with E-state index in [4.69, 9.17) is 16.3 Å². The van der Waals surface area contributed by atoms with Gasteiger partial charge in [0.15, 0.2) is 0 Å². The predicted octanol–water partition coefficient (Wildman–Crippen LogP) is 4.16. The molecule has 0 N–H and O–H groups in total. The summed E-state index contributed by atoms with van der Waals surface area (Å²) in [5.41, 5.74) is 1.93. The molecule has 0 amide bonds. The van der Waals surface area contributed by atoms with Crippen LogP contribution < -0.4 is 4.74 Å². The SMILES string of the molecule is ClCc1cc(OCc2cccc(Br)c2)ccn1. The third-order valence-electron chi connectivity index (χ3n) is 2.22. The fourth-order valence-electron chi connectivity index (χ4n) is 1.41. The van der Waals surface area contributed by atoms with E-state index in [2.05, 4.69) is 20.9 Å². The molecule has 0 spiro atoms. The smallest absolute Gasteiger partial charge is 0.123 e. The van der Waals surface area contributed by atoms with Crippen molar-refractivity contribution >= 4 is 27.5 Å². The number of ether oxygens (including phenoxy) is 1. The molecule has 0 radical (unpaired) electrons. The van der Waals surface area contributed by atoms with Gasteiger partial charge in [-0.2, -0.15) is 0 Å². The van der Waals surface area contributed by atoms with E-state index >= 15 is 0 Å². The molecule has 0 atom stereocenters. The van der Waals surface area contributed by atoms with Gasteiger partial charge in [0.05, 0.1) is 11.6 Å². The second-order valence-corrected chi connectivity index (χ2v) is 4.72. The predicted molar refractivity (Wildman–Crippen MR) is 72.3 cm³/mol. The molecular weight excluding hydrogens is 302 g/mol. The zero-order valence-electron chi connectivity index (χ0n) is 9.07. The Hall–Kier alpha value is -1.06. The maximum atomic E-state index is 5.71. The molecule has 0 fully saturated rings. The molecule has 17 heavy (non-hydrogen) atoms. The Morgan fingerprint density at radius 1 is 1.24 bits per heavy atom. The molecular formula is C13H11BrClNO. The van der Waals surface area contributed by atoms with Crippen LogP contribution in [0.4, 0.5) is 0 Å². The lowest BCUT2D eigenvalue weighted by molar-refractivity contribution is 0.305. The van der Waals surface area contributed by atoms with Gasteiger partial charge >= 0.3 is 0 Å². The van der Waals surface area contributed by atoms with Crippen LogP contribution in [0.15, 0.2) is 47.1 Å². The molecule has 0 saturated heterocycles. The van der Waals surface area contributed by atoms with Crippen LogP contribution in [0.1, 0.15) is 11.3 Å². The largest absolute Gasteiger partial charge is 0.489 e. The third kappa shape index (κ3) is 3.72. The maximum Gasteiger partial charge on any atom is 0.123 e. The van der Waals surface area contributed by atoms with Crippen LogP contribution in [0.3, 0.4) is 0 Å². The first kappa shape index (κ1) is 12.4. The molecule has 0 aliphatic heterocycles. The van der Waals surface area contributed by atoms with E-state index in [9.17, 15) is 0 Å². The molecule has 1 aromatic carbocycles. The quantitative estimate of drug-likeness (QED) is 0.791. The summed E-state index contributed by atoms with van der Waals surface area (Å²) in [5.74, 6) is 1.18. The molecule has 2 rings (SSSR count). The standard InChI is InChI=1S/C13H11BrClNO/c14-11-3-1-2-10(6-11)9-17-13-4-5-16-12(7-13)8-15/h1-7H,8-9H2. The van der Waals surface area contributed by atoms with Gasteiger partial charge in [-0.3, -0.25) is 4.98 Å². The Labute approximate surface area is 114 Å². The van der Waals surface area contributed by atoms with Crippen molar-refractivity contribution in [3.8, 4) is 5.75 Å². The summed E-state index contributed by atoms with van der Waals surface area (Å²) in [6.45, 7) is 0.533. The maximum absolute atomic E-state index is 5.71. The number of aromatic nitrogens is 1. The first-order chi connectivity index (χ1) is 8.28. The molecule has 1 heterocycles. The van der Waals surface area contributed by atoms with Gasteiger partial charge in [0.25, 0.3) is 0 Å². The third-order valence-corrected chi connectivity index (χ3v) is 2.99. The second kappa shape index (κ2) is 6.03. The van der Waals surface area contributed by atoms with Crippen molar-refractivity contribution in [2.75, 3.05) is 0 Å². The molecule has 4 heteroatoms. The molecule has 0 saturated carbocycles. The normalized spacial score (nSPS) is 10.2. The number of benzene rings is 1. The van der Waals surface area contributed by atoms with E-state index in [1.807, 2.05) is 36.4 Å². The lowest BCUT2D eigenvalue weighted by atomic mass is 10.2. The Morgan fingerprint density at radius 3 is 2.88 bits per heavy atom. The van der Waals surface area contributed by atoms with E-state index in [1.165, 1.54) is 0 Å². The van der Waals surface area contributed by atoms with Crippen LogP contribution in [0.2, 0.25) is 0 Å². The fourth-order valence-corrected chi connectivity index (χ4v) is 2.01. The first-order valence-corrected chi connectivity index (χ1v) is 6.49. The summed E-state index contributed by atoms with van der Waals surface area (Å²) >= 11 is 9.14. The van der Waals surface area contributed by atoms with Gasteiger partial charge in [0.1, 0.15) is 12.4 Å². The van der Waals surface area contributed by atoms with Crippen molar-refractivity contribution in [1.82, 2.24) is 4.98 Å². The molecule has 2 aromatic rings. The topological polar surface area (TPSA) is 22.1 Å². The average Bonchev–Trinajstić information content (AvgIpc) is 2.37. The monoisotopic (exact) mass is 311 g/mol. The number of halogens is 2. The Bertz CT molecular complexity index is 504. The van der Waals surface area contributed by atoms with Gasteiger partial charge in [-0.25, -0.2) is 0 Å². The van der Waals surface area contributed by atoms with E-state index in [0.29, 0.717) is 12.5 Å². The molecule has 0 aliphatic rings. The molecule has 0 aliphatic carbocycles. The second-order valence-electron chi connectivity index (χ2n) is 3.54. The zero-order chi connectivity index (χ0) is 12.1. The van der Waals surface area contributed by atoms with Crippen molar-refractivity contribution in [3.05, 3.63) is 58.3 Å². The molecule has 0 unspecified atom stereocenters. The minimum Gasteiger partial charge on any atom is -0.489 e. The van der Waals surface area contributed by atoms with Crippen LogP contribution in [0.5, 0.6) is 5.75 Å². The molecule has 88 valence electrons. The minimum atomic E-state index is 0.397. The number of alkyl halides is 1. The number of pyridine rings is 1. The molecule has 0 bridgehead atoms. The summed E-state index contributed by atoms with van der Waals surface area (Å²) in [5, 5.41) is 0. The van der Waals surface area contributed by atoms with Crippen LogP contribution >= 0.6 is 27.5 Å². The summed E-state index contributed by atoms with van der Waals surface area (Å²) in [6, 6.07) is 11.7. The summed E-state index contributed by atoms with van der Waals surface area (Å²) in [4.78, 5) is 4.11. The van der Waals surface area contributed by atoms with E-state index < -0.39 is 0 Å².